The quantitative estimate of drug-likeness (QED) is 0.910. The first kappa shape index (κ1) is 15.3. The Morgan fingerprint density at radius 3 is 2.45 bits per heavy atom. The Morgan fingerprint density at radius 2 is 1.90 bits per heavy atom. The van der Waals surface area contributed by atoms with Gasteiger partial charge in [-0.1, -0.05) is 20.8 Å². The Bertz CT molecular complexity index is 437. The van der Waals surface area contributed by atoms with Crippen LogP contribution in [0.5, 0.6) is 0 Å². The highest BCUT2D eigenvalue weighted by Gasteiger charge is 2.23. The summed E-state index contributed by atoms with van der Waals surface area (Å²) in [7, 11) is 2.15. The Balaban J connectivity index is 2.20. The fraction of sp³-hybridized carbons (Fsp3) is 0.706. The largest absolute Gasteiger partial charge is 0.392 e. The summed E-state index contributed by atoms with van der Waals surface area (Å²) in [6, 6.07) is 4.64. The smallest absolute Gasteiger partial charge is 0.129 e. The van der Waals surface area contributed by atoms with Crippen molar-refractivity contribution in [3.63, 3.8) is 0 Å². The first-order valence-electron chi connectivity index (χ1n) is 7.85. The van der Waals surface area contributed by atoms with Crippen molar-refractivity contribution in [2.75, 3.05) is 11.9 Å². The summed E-state index contributed by atoms with van der Waals surface area (Å²) in [5.41, 5.74) is 2.04. The molecule has 1 aromatic heterocycles. The molecule has 0 atom stereocenters. The summed E-state index contributed by atoms with van der Waals surface area (Å²) in [4.78, 5) is 7.11. The van der Waals surface area contributed by atoms with Gasteiger partial charge in [0.25, 0.3) is 0 Å². The van der Waals surface area contributed by atoms with Crippen LogP contribution in [0.2, 0.25) is 0 Å². The minimum Gasteiger partial charge on any atom is -0.392 e. The van der Waals surface area contributed by atoms with Crippen LogP contribution in [0.4, 0.5) is 5.82 Å². The lowest BCUT2D eigenvalue weighted by atomic mass is 9.87. The van der Waals surface area contributed by atoms with Crippen molar-refractivity contribution in [2.45, 2.75) is 65.0 Å². The maximum Gasteiger partial charge on any atom is 0.129 e. The standard InChI is InChI=1S/C17H28N2O/c1-12(2)16-9-14(11-20)10-17(18-16)19(4)15-7-5-13(3)6-8-15/h9-10,12-13,15,20H,5-8,11H2,1-4H3. The average molecular weight is 276 g/mol. The van der Waals surface area contributed by atoms with Crippen molar-refractivity contribution in [1.29, 1.82) is 0 Å². The zero-order chi connectivity index (χ0) is 14.7. The number of aliphatic hydroxyl groups excluding tert-OH is 1. The Kier molecular flexibility index (Phi) is 5.03. The molecule has 1 N–H and O–H groups in total. The molecule has 20 heavy (non-hydrogen) atoms. The minimum absolute atomic E-state index is 0.0881. The van der Waals surface area contributed by atoms with Crippen LogP contribution in [0, 0.1) is 5.92 Å². The number of anilines is 1. The van der Waals surface area contributed by atoms with Gasteiger partial charge in [0.15, 0.2) is 0 Å². The van der Waals surface area contributed by atoms with E-state index in [-0.39, 0.29) is 6.61 Å². The van der Waals surface area contributed by atoms with Crippen LogP contribution in [0.3, 0.4) is 0 Å². The molecule has 2 rings (SSSR count). The third-order valence-electron chi connectivity index (χ3n) is 4.56. The van der Waals surface area contributed by atoms with Gasteiger partial charge in [-0.2, -0.15) is 0 Å². The van der Waals surface area contributed by atoms with E-state index in [4.69, 9.17) is 4.98 Å². The zero-order valence-corrected chi connectivity index (χ0v) is 13.3. The van der Waals surface area contributed by atoms with Crippen molar-refractivity contribution >= 4 is 5.82 Å². The second kappa shape index (κ2) is 6.57. The third-order valence-corrected chi connectivity index (χ3v) is 4.56. The third kappa shape index (κ3) is 3.51. The van der Waals surface area contributed by atoms with Gasteiger partial charge in [-0.3, -0.25) is 0 Å². The number of nitrogens with zero attached hydrogens (tertiary/aromatic N) is 2. The summed E-state index contributed by atoms with van der Waals surface area (Å²) < 4.78 is 0. The normalized spacial score (nSPS) is 23.1. The SMILES string of the molecule is CC1CCC(N(C)c2cc(CO)cc(C(C)C)n2)CC1. The highest BCUT2D eigenvalue weighted by atomic mass is 16.3. The Labute approximate surface area is 123 Å². The molecule has 112 valence electrons. The molecule has 0 unspecified atom stereocenters. The van der Waals surface area contributed by atoms with Crippen molar-refractivity contribution < 1.29 is 5.11 Å². The number of hydrogen-bond donors (Lipinski definition) is 1. The summed E-state index contributed by atoms with van der Waals surface area (Å²) in [5.74, 6) is 2.27. The molecular formula is C17H28N2O. The second-order valence-electron chi connectivity index (χ2n) is 6.60. The summed E-state index contributed by atoms with van der Waals surface area (Å²) >= 11 is 0. The number of rotatable bonds is 4. The zero-order valence-electron chi connectivity index (χ0n) is 13.3. The van der Waals surface area contributed by atoms with Crippen LogP contribution in [0.15, 0.2) is 12.1 Å². The second-order valence-corrected chi connectivity index (χ2v) is 6.60. The molecule has 1 aliphatic carbocycles. The van der Waals surface area contributed by atoms with Crippen molar-refractivity contribution in [3.05, 3.63) is 23.4 Å². The predicted octanol–water partition coefficient (Wildman–Crippen LogP) is 3.71. The number of aromatic nitrogens is 1. The molecule has 0 spiro atoms. The molecular weight excluding hydrogens is 248 g/mol. The Morgan fingerprint density at radius 1 is 1.25 bits per heavy atom. The first-order chi connectivity index (χ1) is 9.51. The number of pyridine rings is 1. The molecule has 1 aliphatic rings. The molecule has 1 saturated carbocycles. The molecule has 0 aromatic carbocycles. The van der Waals surface area contributed by atoms with Gasteiger partial charge in [0.2, 0.25) is 0 Å². The van der Waals surface area contributed by atoms with Crippen molar-refractivity contribution in [3.8, 4) is 0 Å². The van der Waals surface area contributed by atoms with E-state index >= 15 is 0 Å². The van der Waals surface area contributed by atoms with E-state index in [0.29, 0.717) is 12.0 Å². The van der Waals surface area contributed by atoms with Gasteiger partial charge in [-0.05, 0) is 55.2 Å². The van der Waals surface area contributed by atoms with E-state index in [1.165, 1.54) is 25.7 Å². The van der Waals surface area contributed by atoms with Gasteiger partial charge in [0.05, 0.1) is 6.61 Å². The first-order valence-corrected chi connectivity index (χ1v) is 7.85. The fourth-order valence-corrected chi connectivity index (χ4v) is 2.98. The van der Waals surface area contributed by atoms with Crippen molar-refractivity contribution in [1.82, 2.24) is 4.98 Å². The van der Waals surface area contributed by atoms with Crippen LogP contribution in [0.1, 0.15) is 63.6 Å². The van der Waals surface area contributed by atoms with Gasteiger partial charge in [0, 0.05) is 18.8 Å². The van der Waals surface area contributed by atoms with E-state index in [0.717, 1.165) is 23.0 Å². The van der Waals surface area contributed by atoms with Crippen molar-refractivity contribution in [2.24, 2.45) is 5.92 Å². The van der Waals surface area contributed by atoms with Crippen LogP contribution in [-0.2, 0) is 6.61 Å². The predicted molar refractivity (Wildman–Crippen MR) is 84.1 cm³/mol. The molecule has 1 heterocycles. The monoisotopic (exact) mass is 276 g/mol. The van der Waals surface area contributed by atoms with Gasteiger partial charge in [0.1, 0.15) is 5.82 Å². The summed E-state index contributed by atoms with van der Waals surface area (Å²) in [5, 5.41) is 9.45. The van der Waals surface area contributed by atoms with E-state index in [2.05, 4.69) is 32.7 Å². The maximum absolute atomic E-state index is 9.45. The van der Waals surface area contributed by atoms with Gasteiger partial charge in [-0.15, -0.1) is 0 Å². The van der Waals surface area contributed by atoms with Gasteiger partial charge in [-0.25, -0.2) is 4.98 Å². The van der Waals surface area contributed by atoms with Gasteiger partial charge >= 0.3 is 0 Å². The van der Waals surface area contributed by atoms with E-state index in [1.54, 1.807) is 0 Å². The molecule has 3 heteroatoms. The lowest BCUT2D eigenvalue weighted by Crippen LogP contribution is -2.35. The molecule has 0 bridgehead atoms. The topological polar surface area (TPSA) is 36.4 Å². The maximum atomic E-state index is 9.45. The average Bonchev–Trinajstić information content (AvgIpc) is 2.46. The van der Waals surface area contributed by atoms with Crippen LogP contribution >= 0.6 is 0 Å². The molecule has 1 fully saturated rings. The highest BCUT2D eigenvalue weighted by molar-refractivity contribution is 5.43. The summed E-state index contributed by atoms with van der Waals surface area (Å²) in [6.07, 6.45) is 5.12. The highest BCUT2D eigenvalue weighted by Crippen LogP contribution is 2.29. The lowest BCUT2D eigenvalue weighted by Gasteiger charge is -2.34. The minimum atomic E-state index is 0.0881. The molecule has 0 radical (unpaired) electrons. The summed E-state index contributed by atoms with van der Waals surface area (Å²) in [6.45, 7) is 6.73. The van der Waals surface area contributed by atoms with Crippen LogP contribution in [-0.4, -0.2) is 23.2 Å². The molecule has 0 amide bonds. The van der Waals surface area contributed by atoms with Crippen LogP contribution < -0.4 is 4.90 Å². The number of aliphatic hydroxyl groups is 1. The van der Waals surface area contributed by atoms with Gasteiger partial charge < -0.3 is 10.0 Å². The fourth-order valence-electron chi connectivity index (χ4n) is 2.98. The van der Waals surface area contributed by atoms with Crippen LogP contribution in [0.25, 0.3) is 0 Å². The van der Waals surface area contributed by atoms with E-state index < -0.39 is 0 Å². The van der Waals surface area contributed by atoms with E-state index in [1.807, 2.05) is 12.1 Å². The molecule has 0 saturated heterocycles. The Hall–Kier alpha value is -1.09. The van der Waals surface area contributed by atoms with E-state index in [9.17, 15) is 5.11 Å². The molecule has 1 aromatic rings. The lowest BCUT2D eigenvalue weighted by molar-refractivity contribution is 0.281. The molecule has 3 nitrogen and oxygen atoms in total. The molecule has 0 aliphatic heterocycles. The number of hydrogen-bond acceptors (Lipinski definition) is 3.